The Hall–Kier alpha value is -1.10. The first-order valence-electron chi connectivity index (χ1n) is 7.03. The molecule has 0 spiro atoms. The third kappa shape index (κ3) is 3.69. The van der Waals surface area contributed by atoms with Crippen LogP contribution in [0.1, 0.15) is 40.5 Å². The molecule has 3 atom stereocenters. The van der Waals surface area contributed by atoms with E-state index in [1.54, 1.807) is 0 Å². The molecule has 0 aromatic heterocycles. The van der Waals surface area contributed by atoms with E-state index in [1.807, 2.05) is 20.8 Å². The fraction of sp³-hybridized carbons (Fsp3) is 0.857. The minimum absolute atomic E-state index is 0.00661. The van der Waals surface area contributed by atoms with Crippen molar-refractivity contribution in [3.8, 4) is 0 Å². The summed E-state index contributed by atoms with van der Waals surface area (Å²) in [4.78, 5) is 22.7. The lowest BCUT2D eigenvalue weighted by atomic mass is 9.61. The number of carbonyl (C=O) groups excluding carboxylic acids is 1. The van der Waals surface area contributed by atoms with Crippen molar-refractivity contribution in [1.29, 1.82) is 0 Å². The summed E-state index contributed by atoms with van der Waals surface area (Å²) in [6.07, 6.45) is 1.47. The van der Waals surface area contributed by atoms with E-state index < -0.39 is 5.97 Å². The molecule has 0 radical (unpaired) electrons. The third-order valence-corrected chi connectivity index (χ3v) is 4.64. The van der Waals surface area contributed by atoms with Gasteiger partial charge in [0.05, 0.1) is 12.5 Å². The number of hydrogen-bond donors (Lipinski definition) is 3. The van der Waals surface area contributed by atoms with E-state index in [0.29, 0.717) is 19.5 Å². The molecule has 3 N–H and O–H groups in total. The fourth-order valence-corrected chi connectivity index (χ4v) is 3.01. The van der Waals surface area contributed by atoms with Gasteiger partial charge in [-0.05, 0) is 31.1 Å². The molecule has 0 aromatic carbocycles. The van der Waals surface area contributed by atoms with Gasteiger partial charge in [-0.25, -0.2) is 0 Å². The number of carboxylic acids is 1. The molecule has 5 heteroatoms. The van der Waals surface area contributed by atoms with Crippen LogP contribution in [-0.2, 0) is 9.59 Å². The number of likely N-dealkylation sites (N-methyl/N-ethyl adjacent to an activating group) is 1. The SMILES string of the molecule is CCNC(=O)CNC1CCC(C(=O)O)C(C)(C)C1C. The van der Waals surface area contributed by atoms with Gasteiger partial charge in [-0.15, -0.1) is 0 Å². The number of nitrogens with one attached hydrogen (secondary N) is 2. The minimum atomic E-state index is -0.709. The average molecular weight is 270 g/mol. The van der Waals surface area contributed by atoms with E-state index in [1.165, 1.54) is 0 Å². The molecule has 5 nitrogen and oxygen atoms in total. The second kappa shape index (κ2) is 6.37. The molecule has 110 valence electrons. The zero-order valence-electron chi connectivity index (χ0n) is 12.3. The summed E-state index contributed by atoms with van der Waals surface area (Å²) < 4.78 is 0. The number of amides is 1. The Morgan fingerprint density at radius 2 is 1.95 bits per heavy atom. The van der Waals surface area contributed by atoms with Gasteiger partial charge in [0.2, 0.25) is 5.91 Å². The first-order chi connectivity index (χ1) is 8.80. The van der Waals surface area contributed by atoms with Gasteiger partial charge in [0, 0.05) is 12.6 Å². The first-order valence-corrected chi connectivity index (χ1v) is 7.03. The van der Waals surface area contributed by atoms with Crippen molar-refractivity contribution >= 4 is 11.9 Å². The molecule has 1 amide bonds. The quantitative estimate of drug-likeness (QED) is 0.702. The van der Waals surface area contributed by atoms with Gasteiger partial charge >= 0.3 is 5.97 Å². The maximum absolute atomic E-state index is 11.5. The van der Waals surface area contributed by atoms with Crippen LogP contribution >= 0.6 is 0 Å². The average Bonchev–Trinajstić information content (AvgIpc) is 2.31. The summed E-state index contributed by atoms with van der Waals surface area (Å²) in [5, 5.41) is 15.3. The summed E-state index contributed by atoms with van der Waals surface area (Å²) in [5.74, 6) is -0.798. The molecule has 0 heterocycles. The monoisotopic (exact) mass is 270 g/mol. The van der Waals surface area contributed by atoms with Crippen LogP contribution in [0.3, 0.4) is 0 Å². The Balaban J connectivity index is 2.60. The van der Waals surface area contributed by atoms with Crippen LogP contribution < -0.4 is 10.6 Å². The topological polar surface area (TPSA) is 78.4 Å². The molecule has 1 aliphatic rings. The summed E-state index contributed by atoms with van der Waals surface area (Å²) in [5.41, 5.74) is -0.261. The molecular weight excluding hydrogens is 244 g/mol. The highest BCUT2D eigenvalue weighted by atomic mass is 16.4. The number of carboxylic acid groups (broad SMARTS) is 1. The molecule has 1 fully saturated rings. The van der Waals surface area contributed by atoms with E-state index in [4.69, 9.17) is 0 Å². The highest BCUT2D eigenvalue weighted by Crippen LogP contribution is 2.44. The van der Waals surface area contributed by atoms with Crippen molar-refractivity contribution in [2.75, 3.05) is 13.1 Å². The van der Waals surface area contributed by atoms with Crippen molar-refractivity contribution in [3.05, 3.63) is 0 Å². The van der Waals surface area contributed by atoms with Gasteiger partial charge in [-0.3, -0.25) is 9.59 Å². The van der Waals surface area contributed by atoms with Crippen molar-refractivity contribution in [2.45, 2.75) is 46.6 Å². The molecule has 19 heavy (non-hydrogen) atoms. The van der Waals surface area contributed by atoms with E-state index >= 15 is 0 Å². The smallest absolute Gasteiger partial charge is 0.307 e. The van der Waals surface area contributed by atoms with E-state index in [-0.39, 0.29) is 29.2 Å². The zero-order chi connectivity index (χ0) is 14.6. The lowest BCUT2D eigenvalue weighted by molar-refractivity contribution is -0.150. The van der Waals surface area contributed by atoms with E-state index in [9.17, 15) is 14.7 Å². The van der Waals surface area contributed by atoms with Crippen LogP contribution in [-0.4, -0.2) is 36.1 Å². The predicted octanol–water partition coefficient (Wildman–Crippen LogP) is 1.24. The van der Waals surface area contributed by atoms with Crippen LogP contribution in [0.25, 0.3) is 0 Å². The lowest BCUT2D eigenvalue weighted by Gasteiger charge is -2.46. The van der Waals surface area contributed by atoms with Crippen LogP contribution in [0.5, 0.6) is 0 Å². The Morgan fingerprint density at radius 1 is 1.32 bits per heavy atom. The molecule has 0 aromatic rings. The van der Waals surface area contributed by atoms with E-state index in [0.717, 1.165) is 6.42 Å². The Kier molecular flexibility index (Phi) is 5.35. The van der Waals surface area contributed by atoms with Gasteiger partial charge in [-0.2, -0.15) is 0 Å². The Morgan fingerprint density at radius 3 is 2.47 bits per heavy atom. The molecule has 1 aliphatic carbocycles. The van der Waals surface area contributed by atoms with Crippen molar-refractivity contribution < 1.29 is 14.7 Å². The maximum Gasteiger partial charge on any atom is 0.307 e. The first kappa shape index (κ1) is 16.0. The minimum Gasteiger partial charge on any atom is -0.481 e. The molecular formula is C14H26N2O3. The van der Waals surface area contributed by atoms with Crippen LogP contribution in [0.15, 0.2) is 0 Å². The molecule has 3 unspecified atom stereocenters. The Bertz CT molecular complexity index is 342. The highest BCUT2D eigenvalue weighted by molar-refractivity contribution is 5.78. The normalized spacial score (nSPS) is 29.8. The summed E-state index contributed by atoms with van der Waals surface area (Å²) in [6, 6.07) is 0.202. The van der Waals surface area contributed by atoms with Gasteiger partial charge < -0.3 is 15.7 Å². The van der Waals surface area contributed by atoms with Gasteiger partial charge in [-0.1, -0.05) is 20.8 Å². The second-order valence-electron chi connectivity index (χ2n) is 6.02. The summed E-state index contributed by atoms with van der Waals surface area (Å²) >= 11 is 0. The number of aliphatic carboxylic acids is 1. The van der Waals surface area contributed by atoms with Gasteiger partial charge in [0.25, 0.3) is 0 Å². The molecule has 0 aliphatic heterocycles. The van der Waals surface area contributed by atoms with Gasteiger partial charge in [0.1, 0.15) is 0 Å². The number of hydrogen-bond acceptors (Lipinski definition) is 3. The van der Waals surface area contributed by atoms with Crippen LogP contribution in [0, 0.1) is 17.3 Å². The Labute approximate surface area is 115 Å². The summed E-state index contributed by atoms with van der Waals surface area (Å²) in [6.45, 7) is 8.92. The van der Waals surface area contributed by atoms with E-state index in [2.05, 4.69) is 17.6 Å². The standard InChI is InChI=1S/C14H26N2O3/c1-5-15-12(17)8-16-11-7-6-10(13(18)19)14(3,4)9(11)2/h9-11,16H,5-8H2,1-4H3,(H,15,17)(H,18,19). The van der Waals surface area contributed by atoms with Crippen LogP contribution in [0.4, 0.5) is 0 Å². The maximum atomic E-state index is 11.5. The molecule has 0 bridgehead atoms. The molecule has 1 rings (SSSR count). The number of rotatable bonds is 5. The van der Waals surface area contributed by atoms with Crippen molar-refractivity contribution in [2.24, 2.45) is 17.3 Å². The van der Waals surface area contributed by atoms with Crippen molar-refractivity contribution in [3.63, 3.8) is 0 Å². The van der Waals surface area contributed by atoms with Crippen molar-refractivity contribution in [1.82, 2.24) is 10.6 Å². The highest BCUT2D eigenvalue weighted by Gasteiger charge is 2.46. The third-order valence-electron chi connectivity index (χ3n) is 4.64. The van der Waals surface area contributed by atoms with Gasteiger partial charge in [0.15, 0.2) is 0 Å². The zero-order valence-corrected chi connectivity index (χ0v) is 12.3. The summed E-state index contributed by atoms with van der Waals surface area (Å²) in [7, 11) is 0. The second-order valence-corrected chi connectivity index (χ2v) is 6.02. The molecule has 1 saturated carbocycles. The number of carbonyl (C=O) groups is 2. The largest absolute Gasteiger partial charge is 0.481 e. The van der Waals surface area contributed by atoms with Crippen LogP contribution in [0.2, 0.25) is 0 Å². The predicted molar refractivity (Wildman–Crippen MR) is 73.8 cm³/mol. The molecule has 0 saturated heterocycles. The fourth-order valence-electron chi connectivity index (χ4n) is 3.01. The lowest BCUT2D eigenvalue weighted by Crippen LogP contribution is -2.52.